The first kappa shape index (κ1) is 21.5. The van der Waals surface area contributed by atoms with Gasteiger partial charge >= 0.3 is 12.1 Å². The average molecular weight is 407 g/mol. The second-order valence-electron chi connectivity index (χ2n) is 7.28. The number of para-hydroxylation sites is 1. The van der Waals surface area contributed by atoms with Gasteiger partial charge in [0.15, 0.2) is 5.11 Å². The first-order valence-electron chi connectivity index (χ1n) is 8.95. The summed E-state index contributed by atoms with van der Waals surface area (Å²) in [5, 5.41) is 19.0. The van der Waals surface area contributed by atoms with Gasteiger partial charge in [-0.1, -0.05) is 18.2 Å². The van der Waals surface area contributed by atoms with Crippen molar-refractivity contribution in [3.8, 4) is 0 Å². The van der Waals surface area contributed by atoms with Gasteiger partial charge in [0.05, 0.1) is 0 Å². The summed E-state index contributed by atoms with van der Waals surface area (Å²) in [6.45, 7) is 5.97. The second-order valence-corrected chi connectivity index (χ2v) is 7.69. The van der Waals surface area contributed by atoms with Crippen LogP contribution in [0.5, 0.6) is 0 Å². The van der Waals surface area contributed by atoms with Crippen molar-refractivity contribution in [3.05, 3.63) is 36.0 Å². The Hall–Kier alpha value is -2.81. The number of aromatic nitrogens is 1. The number of carbonyl (C=O) groups is 2. The van der Waals surface area contributed by atoms with Crippen molar-refractivity contribution in [2.24, 2.45) is 0 Å². The normalized spacial score (nSPS) is 12.2. The maximum absolute atomic E-state index is 11.6. The van der Waals surface area contributed by atoms with Crippen LogP contribution in [0.15, 0.2) is 30.5 Å². The molecule has 1 heterocycles. The fourth-order valence-electron chi connectivity index (χ4n) is 2.58. The molecule has 2 rings (SSSR count). The minimum atomic E-state index is -0.999. The molecule has 152 valence electrons. The van der Waals surface area contributed by atoms with Crippen molar-refractivity contribution in [3.63, 3.8) is 0 Å². The predicted molar refractivity (Wildman–Crippen MR) is 111 cm³/mol. The molecular formula is C19H26N4O4S. The summed E-state index contributed by atoms with van der Waals surface area (Å²) < 4.78 is 5.13. The van der Waals surface area contributed by atoms with Gasteiger partial charge in [-0.3, -0.25) is 0 Å². The summed E-state index contributed by atoms with van der Waals surface area (Å²) in [5.41, 5.74) is 1.28. The van der Waals surface area contributed by atoms with Crippen LogP contribution in [-0.4, -0.2) is 52.0 Å². The number of thiocarbonyl (C=S) groups is 1. The van der Waals surface area contributed by atoms with E-state index < -0.39 is 23.7 Å². The highest BCUT2D eigenvalue weighted by Gasteiger charge is 2.20. The van der Waals surface area contributed by atoms with Gasteiger partial charge in [0.2, 0.25) is 0 Å². The molecule has 1 aromatic carbocycles. The lowest BCUT2D eigenvalue weighted by Gasteiger charge is -2.20. The van der Waals surface area contributed by atoms with E-state index >= 15 is 0 Å². The number of aliphatic carboxylic acids is 1. The topological polar surface area (TPSA) is 115 Å². The van der Waals surface area contributed by atoms with Crippen molar-refractivity contribution in [2.45, 2.75) is 38.8 Å². The van der Waals surface area contributed by atoms with E-state index in [1.54, 1.807) is 20.8 Å². The first-order valence-corrected chi connectivity index (χ1v) is 9.35. The molecular weight excluding hydrogens is 380 g/mol. The zero-order valence-corrected chi connectivity index (χ0v) is 17.0. The zero-order chi connectivity index (χ0) is 20.7. The molecule has 1 amide bonds. The third kappa shape index (κ3) is 6.73. The Morgan fingerprint density at radius 3 is 2.57 bits per heavy atom. The number of nitrogens with one attached hydrogen (secondary N) is 4. The molecule has 1 aromatic heterocycles. The molecule has 0 aliphatic rings. The molecule has 0 bridgehead atoms. The maximum atomic E-state index is 11.6. The van der Waals surface area contributed by atoms with Gasteiger partial charge in [0.25, 0.3) is 0 Å². The van der Waals surface area contributed by atoms with Crippen LogP contribution in [-0.2, 0) is 16.0 Å². The Morgan fingerprint density at radius 1 is 1.21 bits per heavy atom. The minimum absolute atomic E-state index is 0.207. The Bertz CT molecular complexity index is 844. The molecule has 28 heavy (non-hydrogen) atoms. The van der Waals surface area contributed by atoms with E-state index in [1.807, 2.05) is 30.5 Å². The number of hydrogen-bond acceptors (Lipinski definition) is 4. The molecule has 0 spiro atoms. The molecule has 2 aromatic rings. The predicted octanol–water partition coefficient (Wildman–Crippen LogP) is 2.15. The Morgan fingerprint density at radius 2 is 1.89 bits per heavy atom. The number of carbonyl (C=O) groups excluding carboxylic acids is 1. The number of aromatic amines is 1. The molecule has 8 nitrogen and oxygen atoms in total. The average Bonchev–Trinajstić information content (AvgIpc) is 3.00. The summed E-state index contributed by atoms with van der Waals surface area (Å²) in [6, 6.07) is 6.83. The Balaban J connectivity index is 1.81. The highest BCUT2D eigenvalue weighted by Crippen LogP contribution is 2.19. The molecule has 0 aliphatic heterocycles. The van der Waals surface area contributed by atoms with Gasteiger partial charge in [0.1, 0.15) is 11.6 Å². The molecule has 0 saturated carbocycles. The number of fused-ring (bicyclic) bond motifs is 1. The van der Waals surface area contributed by atoms with Gasteiger partial charge in [-0.05, 0) is 44.6 Å². The molecule has 1 unspecified atom stereocenters. The van der Waals surface area contributed by atoms with Gasteiger partial charge in [-0.15, -0.1) is 0 Å². The van der Waals surface area contributed by atoms with E-state index in [2.05, 4.69) is 20.9 Å². The van der Waals surface area contributed by atoms with Gasteiger partial charge in [-0.25, -0.2) is 9.59 Å². The smallest absolute Gasteiger partial charge is 0.407 e. The summed E-state index contributed by atoms with van der Waals surface area (Å²) in [7, 11) is 0. The largest absolute Gasteiger partial charge is 0.480 e. The van der Waals surface area contributed by atoms with Gasteiger partial charge in [0, 0.05) is 36.6 Å². The Kier molecular flexibility index (Phi) is 7.22. The molecule has 0 radical (unpaired) electrons. The lowest BCUT2D eigenvalue weighted by atomic mass is 10.1. The van der Waals surface area contributed by atoms with Crippen molar-refractivity contribution in [1.29, 1.82) is 0 Å². The fraction of sp³-hybridized carbons (Fsp3) is 0.421. The van der Waals surface area contributed by atoms with Crippen LogP contribution in [0.2, 0.25) is 0 Å². The summed E-state index contributed by atoms with van der Waals surface area (Å²) >= 11 is 5.17. The summed E-state index contributed by atoms with van der Waals surface area (Å²) in [5.74, 6) is -0.999. The molecule has 1 atom stereocenters. The van der Waals surface area contributed by atoms with Gasteiger partial charge in [-0.2, -0.15) is 0 Å². The lowest BCUT2D eigenvalue weighted by Crippen LogP contribution is -2.48. The van der Waals surface area contributed by atoms with Crippen LogP contribution < -0.4 is 16.0 Å². The van der Waals surface area contributed by atoms with E-state index in [4.69, 9.17) is 17.0 Å². The SMILES string of the molecule is CC(C)(C)OC(=O)NCCNC(=S)NC(Cc1c[nH]c2ccccc12)C(=O)O. The standard InChI is InChI=1S/C19H26N4O4S/c1-19(2,3)27-18(26)21-9-8-20-17(28)23-15(16(24)25)10-12-11-22-14-7-5-4-6-13(12)14/h4-7,11,15,22H,8-10H2,1-3H3,(H,21,26)(H,24,25)(H2,20,23,28). The lowest BCUT2D eigenvalue weighted by molar-refractivity contribution is -0.139. The molecule has 0 fully saturated rings. The van der Waals surface area contributed by atoms with Crippen LogP contribution in [0.4, 0.5) is 4.79 Å². The van der Waals surface area contributed by atoms with Crippen molar-refractivity contribution in [2.75, 3.05) is 13.1 Å². The third-order valence-corrected chi connectivity index (χ3v) is 4.04. The number of H-pyrrole nitrogens is 1. The number of ether oxygens (including phenoxy) is 1. The highest BCUT2D eigenvalue weighted by atomic mass is 32.1. The van der Waals surface area contributed by atoms with Gasteiger partial charge < -0.3 is 30.8 Å². The number of alkyl carbamates (subject to hydrolysis) is 1. The molecule has 5 N–H and O–H groups in total. The number of carboxylic acid groups (broad SMARTS) is 1. The van der Waals surface area contributed by atoms with Crippen LogP contribution >= 0.6 is 12.2 Å². The monoisotopic (exact) mass is 406 g/mol. The number of amides is 1. The number of carboxylic acids is 1. The second kappa shape index (κ2) is 9.41. The number of hydrogen-bond donors (Lipinski definition) is 5. The van der Waals surface area contributed by atoms with Crippen LogP contribution in [0, 0.1) is 0 Å². The van der Waals surface area contributed by atoms with Crippen LogP contribution in [0.3, 0.4) is 0 Å². The third-order valence-electron chi connectivity index (χ3n) is 3.78. The fourth-order valence-corrected chi connectivity index (χ4v) is 2.83. The highest BCUT2D eigenvalue weighted by molar-refractivity contribution is 7.80. The van der Waals surface area contributed by atoms with Crippen molar-refractivity contribution in [1.82, 2.24) is 20.9 Å². The zero-order valence-electron chi connectivity index (χ0n) is 16.2. The van der Waals surface area contributed by atoms with E-state index in [1.165, 1.54) is 0 Å². The molecule has 9 heteroatoms. The van der Waals surface area contributed by atoms with Crippen molar-refractivity contribution >= 4 is 40.3 Å². The Labute approximate surface area is 169 Å². The molecule has 0 saturated heterocycles. The summed E-state index contributed by atoms with van der Waals surface area (Å²) in [6.07, 6.45) is 1.57. The first-order chi connectivity index (χ1) is 13.2. The summed E-state index contributed by atoms with van der Waals surface area (Å²) in [4.78, 5) is 26.3. The van der Waals surface area contributed by atoms with E-state index in [9.17, 15) is 14.7 Å². The number of rotatable bonds is 7. The molecule has 0 aliphatic carbocycles. The maximum Gasteiger partial charge on any atom is 0.407 e. The van der Waals surface area contributed by atoms with E-state index in [-0.39, 0.29) is 18.1 Å². The minimum Gasteiger partial charge on any atom is -0.480 e. The number of benzene rings is 1. The van der Waals surface area contributed by atoms with Crippen molar-refractivity contribution < 1.29 is 19.4 Å². The van der Waals surface area contributed by atoms with Crippen LogP contribution in [0.25, 0.3) is 10.9 Å². The van der Waals surface area contributed by atoms with E-state index in [0.29, 0.717) is 6.54 Å². The van der Waals surface area contributed by atoms with E-state index in [0.717, 1.165) is 16.5 Å². The quantitative estimate of drug-likeness (QED) is 0.353. The van der Waals surface area contributed by atoms with Crippen LogP contribution in [0.1, 0.15) is 26.3 Å².